The molecule has 10 nitrogen and oxygen atoms in total. The number of ether oxygens (including phenoxy) is 1. The third kappa shape index (κ3) is 5.29. The Labute approximate surface area is 206 Å². The van der Waals surface area contributed by atoms with E-state index in [1.165, 1.54) is 11.3 Å². The first-order chi connectivity index (χ1) is 16.9. The van der Waals surface area contributed by atoms with E-state index < -0.39 is 15.7 Å². The lowest BCUT2D eigenvalue weighted by Crippen LogP contribution is -2.27. The molecule has 184 valence electrons. The van der Waals surface area contributed by atoms with Crippen LogP contribution in [0, 0.1) is 0 Å². The fourth-order valence-corrected chi connectivity index (χ4v) is 6.27. The van der Waals surface area contributed by atoms with Crippen LogP contribution >= 0.6 is 11.3 Å². The second-order valence-electron chi connectivity index (χ2n) is 8.40. The van der Waals surface area contributed by atoms with Gasteiger partial charge in [0.25, 0.3) is 5.91 Å². The van der Waals surface area contributed by atoms with Crippen LogP contribution in [0.2, 0.25) is 0 Å². The molecule has 0 radical (unpaired) electrons. The summed E-state index contributed by atoms with van der Waals surface area (Å²) in [5, 5.41) is 18.2. The fraction of sp³-hybridized carbons (Fsp3) is 0.391. The highest BCUT2D eigenvalue weighted by Crippen LogP contribution is 2.33. The first-order valence-corrected chi connectivity index (χ1v) is 13.8. The van der Waals surface area contributed by atoms with Crippen LogP contribution in [0.5, 0.6) is 5.88 Å². The number of nitrogens with zero attached hydrogens (tertiary/aromatic N) is 4. The van der Waals surface area contributed by atoms with Crippen LogP contribution in [0.3, 0.4) is 0 Å². The molecule has 1 aliphatic heterocycles. The van der Waals surface area contributed by atoms with Gasteiger partial charge in [-0.1, -0.05) is 23.5 Å². The average molecular weight is 516 g/mol. The molecule has 0 bridgehead atoms. The molecular formula is C23H25N5O5S2. The van der Waals surface area contributed by atoms with Gasteiger partial charge in [-0.05, 0) is 43.9 Å². The van der Waals surface area contributed by atoms with E-state index in [0.29, 0.717) is 39.8 Å². The van der Waals surface area contributed by atoms with Gasteiger partial charge >= 0.3 is 0 Å². The standard InChI is InChI=1S/C23H25N5O5S2/c29-13-14-33-19-10-9-18-22(25-19)34-23(24-18)26-21(30)20(27-28-11-1-2-12-28)15-3-5-16(6-4-15)35(31,32)17-7-8-17/h3-6,9-10,17,29H,1-2,7-8,11-14H2,(H,24,26,30)/b27-20+. The monoisotopic (exact) mass is 515 g/mol. The molecule has 1 saturated carbocycles. The third-order valence-electron chi connectivity index (χ3n) is 5.75. The Morgan fingerprint density at radius 1 is 1.14 bits per heavy atom. The summed E-state index contributed by atoms with van der Waals surface area (Å²) in [5.74, 6) is -0.0730. The minimum atomic E-state index is -3.31. The van der Waals surface area contributed by atoms with Gasteiger partial charge in [-0.2, -0.15) is 5.10 Å². The van der Waals surface area contributed by atoms with Crippen molar-refractivity contribution in [1.29, 1.82) is 0 Å². The van der Waals surface area contributed by atoms with Crippen LogP contribution in [0.4, 0.5) is 5.13 Å². The first kappa shape index (κ1) is 23.6. The number of aliphatic hydroxyl groups excluding tert-OH is 1. The molecule has 0 unspecified atom stereocenters. The zero-order valence-corrected chi connectivity index (χ0v) is 20.5. The summed E-state index contributed by atoms with van der Waals surface area (Å²) in [6.45, 7) is 1.54. The van der Waals surface area contributed by atoms with Crippen LogP contribution < -0.4 is 10.1 Å². The molecule has 2 aliphatic rings. The summed E-state index contributed by atoms with van der Waals surface area (Å²) in [6, 6.07) is 9.75. The van der Waals surface area contributed by atoms with Gasteiger partial charge in [-0.15, -0.1) is 0 Å². The minimum Gasteiger partial charge on any atom is -0.475 e. The van der Waals surface area contributed by atoms with E-state index in [4.69, 9.17) is 9.84 Å². The average Bonchev–Trinajstić information content (AvgIpc) is 3.46. The summed E-state index contributed by atoms with van der Waals surface area (Å²) < 4.78 is 30.4. The Hall–Kier alpha value is -3.09. The molecule has 12 heteroatoms. The second-order valence-corrected chi connectivity index (χ2v) is 11.6. The lowest BCUT2D eigenvalue weighted by Gasteiger charge is -2.14. The van der Waals surface area contributed by atoms with E-state index in [9.17, 15) is 13.2 Å². The molecule has 1 saturated heterocycles. The van der Waals surface area contributed by atoms with Gasteiger partial charge in [0, 0.05) is 24.7 Å². The van der Waals surface area contributed by atoms with Crippen molar-refractivity contribution in [3.05, 3.63) is 42.0 Å². The number of rotatable bonds is 9. The molecule has 2 fully saturated rings. The quantitative estimate of drug-likeness (QED) is 0.415. The van der Waals surface area contributed by atoms with Gasteiger partial charge in [-0.25, -0.2) is 18.4 Å². The topological polar surface area (TPSA) is 134 Å². The molecule has 3 aromatic rings. The van der Waals surface area contributed by atoms with Crippen LogP contribution in [-0.2, 0) is 14.6 Å². The number of thiazole rings is 1. The molecule has 35 heavy (non-hydrogen) atoms. The Morgan fingerprint density at radius 2 is 1.89 bits per heavy atom. The first-order valence-electron chi connectivity index (χ1n) is 11.4. The Bertz CT molecular complexity index is 1360. The molecule has 1 amide bonds. The van der Waals surface area contributed by atoms with E-state index >= 15 is 0 Å². The van der Waals surface area contributed by atoms with Crippen LogP contribution in [-0.4, -0.2) is 71.7 Å². The highest BCUT2D eigenvalue weighted by molar-refractivity contribution is 7.92. The predicted octanol–water partition coefficient (Wildman–Crippen LogP) is 2.44. The number of nitrogens with one attached hydrogen (secondary N) is 1. The number of pyridine rings is 1. The fourth-order valence-electron chi connectivity index (χ4n) is 3.79. The largest absolute Gasteiger partial charge is 0.475 e. The number of hydrogen-bond donors (Lipinski definition) is 2. The normalized spacial score (nSPS) is 16.6. The van der Waals surface area contributed by atoms with Crippen LogP contribution in [0.25, 0.3) is 10.3 Å². The Balaban J connectivity index is 1.39. The number of fused-ring (bicyclic) bond motifs is 1. The summed E-state index contributed by atoms with van der Waals surface area (Å²) >= 11 is 1.20. The van der Waals surface area contributed by atoms with Gasteiger partial charge in [0.1, 0.15) is 17.0 Å². The summed E-state index contributed by atoms with van der Waals surface area (Å²) in [4.78, 5) is 22.9. The summed E-state index contributed by atoms with van der Waals surface area (Å²) in [7, 11) is -3.31. The van der Waals surface area contributed by atoms with E-state index in [-0.39, 0.29) is 29.1 Å². The minimum absolute atomic E-state index is 0.115. The number of hydrazone groups is 1. The second kappa shape index (κ2) is 9.88. The van der Waals surface area contributed by atoms with E-state index in [1.807, 2.05) is 5.01 Å². The summed E-state index contributed by atoms with van der Waals surface area (Å²) in [6.07, 6.45) is 3.39. The molecule has 0 spiro atoms. The Morgan fingerprint density at radius 3 is 2.57 bits per heavy atom. The number of benzene rings is 1. The van der Waals surface area contributed by atoms with Crippen molar-refractivity contribution >= 4 is 48.3 Å². The number of anilines is 1. The molecule has 5 rings (SSSR count). The maximum Gasteiger partial charge on any atom is 0.278 e. The number of sulfone groups is 1. The van der Waals surface area contributed by atoms with Crippen molar-refractivity contribution < 1.29 is 23.1 Å². The van der Waals surface area contributed by atoms with Gasteiger partial charge < -0.3 is 9.84 Å². The maximum atomic E-state index is 13.3. The molecule has 3 heterocycles. The lowest BCUT2D eigenvalue weighted by atomic mass is 10.1. The lowest BCUT2D eigenvalue weighted by molar-refractivity contribution is -0.110. The zero-order valence-electron chi connectivity index (χ0n) is 18.9. The molecule has 0 atom stereocenters. The number of aliphatic hydroxyl groups is 1. The SMILES string of the molecule is O=C(Nc1nc2ccc(OCCO)nc2s1)/C(=N/N1CCCC1)c1ccc(S(=O)(=O)C2CC2)cc1. The van der Waals surface area contributed by atoms with Crippen molar-refractivity contribution in [2.75, 3.05) is 31.6 Å². The smallest absolute Gasteiger partial charge is 0.278 e. The highest BCUT2D eigenvalue weighted by atomic mass is 32.2. The van der Waals surface area contributed by atoms with Crippen LogP contribution in [0.15, 0.2) is 46.4 Å². The number of aromatic nitrogens is 2. The Kier molecular flexibility index (Phi) is 6.67. The van der Waals surface area contributed by atoms with E-state index in [0.717, 1.165) is 25.9 Å². The third-order valence-corrected chi connectivity index (χ3v) is 8.91. The van der Waals surface area contributed by atoms with Crippen molar-refractivity contribution in [2.45, 2.75) is 35.8 Å². The van der Waals surface area contributed by atoms with E-state index in [1.54, 1.807) is 36.4 Å². The van der Waals surface area contributed by atoms with Crippen LogP contribution in [0.1, 0.15) is 31.2 Å². The van der Waals surface area contributed by atoms with Crippen molar-refractivity contribution in [3.63, 3.8) is 0 Å². The molecule has 2 aromatic heterocycles. The van der Waals surface area contributed by atoms with Crippen molar-refractivity contribution in [1.82, 2.24) is 15.0 Å². The van der Waals surface area contributed by atoms with Gasteiger partial charge in [-0.3, -0.25) is 15.1 Å². The number of carbonyl (C=O) groups excluding carboxylic acids is 1. The number of amides is 1. The zero-order chi connectivity index (χ0) is 24.4. The van der Waals surface area contributed by atoms with Gasteiger partial charge in [0.05, 0.1) is 16.8 Å². The van der Waals surface area contributed by atoms with Gasteiger partial charge in [0.15, 0.2) is 20.7 Å². The van der Waals surface area contributed by atoms with Crippen molar-refractivity contribution in [2.24, 2.45) is 5.10 Å². The molecule has 1 aromatic carbocycles. The predicted molar refractivity (Wildman–Crippen MR) is 133 cm³/mol. The molecule has 2 N–H and O–H groups in total. The number of hydrogen-bond acceptors (Lipinski definition) is 10. The molecule has 1 aliphatic carbocycles. The van der Waals surface area contributed by atoms with Gasteiger partial charge in [0.2, 0.25) is 5.88 Å². The maximum absolute atomic E-state index is 13.3. The van der Waals surface area contributed by atoms with Crippen molar-refractivity contribution in [3.8, 4) is 5.88 Å². The summed E-state index contributed by atoms with van der Waals surface area (Å²) in [5.41, 5.74) is 1.33. The van der Waals surface area contributed by atoms with E-state index in [2.05, 4.69) is 20.4 Å². The highest BCUT2D eigenvalue weighted by Gasteiger charge is 2.36. The molecular weight excluding hydrogens is 490 g/mol. The number of carbonyl (C=O) groups is 1.